The highest BCUT2D eigenvalue weighted by Crippen LogP contribution is 2.18. The molecule has 0 aromatic rings. The van der Waals surface area contributed by atoms with Gasteiger partial charge in [-0.25, -0.2) is 0 Å². The van der Waals surface area contributed by atoms with E-state index in [4.69, 9.17) is 4.74 Å². The molecule has 0 spiro atoms. The van der Waals surface area contributed by atoms with E-state index in [1.54, 1.807) is 0 Å². The average molecular weight is 182 g/mol. The van der Waals surface area contributed by atoms with Crippen molar-refractivity contribution in [3.63, 3.8) is 0 Å². The van der Waals surface area contributed by atoms with Crippen LogP contribution in [0.2, 0.25) is 0 Å². The first-order valence-electron chi connectivity index (χ1n) is 5.17. The molecule has 0 aromatic carbocycles. The smallest absolute Gasteiger partial charge is 0.306 e. The summed E-state index contributed by atoms with van der Waals surface area (Å²) < 4.78 is 5.19. The van der Waals surface area contributed by atoms with Crippen LogP contribution in [0.4, 0.5) is 0 Å². The van der Waals surface area contributed by atoms with Gasteiger partial charge < -0.3 is 4.74 Å². The van der Waals surface area contributed by atoms with Crippen LogP contribution in [0.3, 0.4) is 0 Å². The Balaban J connectivity index is 2.13. The van der Waals surface area contributed by atoms with Crippen molar-refractivity contribution in [2.45, 2.75) is 51.6 Å². The number of hydrogen-bond acceptors (Lipinski definition) is 2. The van der Waals surface area contributed by atoms with E-state index in [0.717, 1.165) is 32.1 Å². The van der Waals surface area contributed by atoms with Crippen LogP contribution in [0.5, 0.6) is 0 Å². The van der Waals surface area contributed by atoms with Crippen LogP contribution in [0.15, 0.2) is 12.2 Å². The summed E-state index contributed by atoms with van der Waals surface area (Å²) in [7, 11) is 0. The lowest BCUT2D eigenvalue weighted by atomic mass is 10.0. The zero-order valence-corrected chi connectivity index (χ0v) is 8.29. The van der Waals surface area contributed by atoms with Gasteiger partial charge in [0.1, 0.15) is 6.10 Å². The molecule has 0 amide bonds. The minimum atomic E-state index is -0.0179. The number of carbonyl (C=O) groups excluding carboxylic acids is 1. The van der Waals surface area contributed by atoms with Gasteiger partial charge in [-0.1, -0.05) is 19.1 Å². The third-order valence-electron chi connectivity index (χ3n) is 2.26. The van der Waals surface area contributed by atoms with E-state index in [0.29, 0.717) is 6.42 Å². The standard InChI is InChI=1S/C11H18O2/c1-2-3-4-5-7-10-8-6-9-11(12)13-10/h3-4,10H,2,5-9H2,1H3/b4-3+/t10-/m1/s1. The van der Waals surface area contributed by atoms with Gasteiger partial charge in [0.15, 0.2) is 0 Å². The molecule has 2 heteroatoms. The second kappa shape index (κ2) is 5.79. The molecule has 0 unspecified atom stereocenters. The highest BCUT2D eigenvalue weighted by atomic mass is 16.5. The SMILES string of the molecule is CC/C=C/CC[C@@H]1CCCC(=O)O1. The quantitative estimate of drug-likeness (QED) is 0.493. The summed E-state index contributed by atoms with van der Waals surface area (Å²) in [6.45, 7) is 2.12. The fraction of sp³-hybridized carbons (Fsp3) is 0.727. The number of hydrogen-bond donors (Lipinski definition) is 0. The normalized spacial score (nSPS) is 23.5. The zero-order valence-electron chi connectivity index (χ0n) is 8.29. The highest BCUT2D eigenvalue weighted by Gasteiger charge is 2.18. The predicted octanol–water partition coefficient (Wildman–Crippen LogP) is 2.83. The molecule has 1 aliphatic rings. The maximum absolute atomic E-state index is 10.9. The third kappa shape index (κ3) is 4.11. The Morgan fingerprint density at radius 3 is 3.08 bits per heavy atom. The fourth-order valence-corrected chi connectivity index (χ4v) is 1.55. The van der Waals surface area contributed by atoms with Gasteiger partial charge >= 0.3 is 5.97 Å². The van der Waals surface area contributed by atoms with Crippen molar-refractivity contribution in [3.8, 4) is 0 Å². The van der Waals surface area contributed by atoms with Crippen LogP contribution in [0, 0.1) is 0 Å². The molecule has 2 nitrogen and oxygen atoms in total. The first-order valence-corrected chi connectivity index (χ1v) is 5.17. The van der Waals surface area contributed by atoms with Crippen molar-refractivity contribution in [2.24, 2.45) is 0 Å². The van der Waals surface area contributed by atoms with E-state index in [2.05, 4.69) is 19.1 Å². The molecule has 1 rings (SSSR count). The van der Waals surface area contributed by atoms with E-state index in [-0.39, 0.29) is 12.1 Å². The fourth-order valence-electron chi connectivity index (χ4n) is 1.55. The van der Waals surface area contributed by atoms with Crippen LogP contribution >= 0.6 is 0 Å². The summed E-state index contributed by atoms with van der Waals surface area (Å²) in [6.07, 6.45) is 10.3. The van der Waals surface area contributed by atoms with Crippen molar-refractivity contribution in [2.75, 3.05) is 0 Å². The van der Waals surface area contributed by atoms with E-state index in [1.807, 2.05) is 0 Å². The van der Waals surface area contributed by atoms with E-state index < -0.39 is 0 Å². The summed E-state index contributed by atoms with van der Waals surface area (Å²) in [4.78, 5) is 10.9. The molecule has 0 bridgehead atoms. The summed E-state index contributed by atoms with van der Waals surface area (Å²) in [6, 6.07) is 0. The van der Waals surface area contributed by atoms with E-state index >= 15 is 0 Å². The average Bonchev–Trinajstić information content (AvgIpc) is 2.13. The molecular weight excluding hydrogens is 164 g/mol. The van der Waals surface area contributed by atoms with Gasteiger partial charge in [-0.15, -0.1) is 0 Å². The molecule has 0 N–H and O–H groups in total. The second-order valence-corrected chi connectivity index (χ2v) is 3.46. The maximum atomic E-state index is 10.9. The van der Waals surface area contributed by atoms with E-state index in [9.17, 15) is 4.79 Å². The van der Waals surface area contributed by atoms with Gasteiger partial charge in [0.2, 0.25) is 0 Å². The zero-order chi connectivity index (χ0) is 9.52. The van der Waals surface area contributed by atoms with Gasteiger partial charge in [0, 0.05) is 6.42 Å². The molecule has 1 fully saturated rings. The molecule has 1 saturated heterocycles. The lowest BCUT2D eigenvalue weighted by Gasteiger charge is -2.21. The van der Waals surface area contributed by atoms with Crippen LogP contribution in [0.25, 0.3) is 0 Å². The molecular formula is C11H18O2. The van der Waals surface area contributed by atoms with E-state index in [1.165, 1.54) is 0 Å². The summed E-state index contributed by atoms with van der Waals surface area (Å²) in [5, 5.41) is 0. The third-order valence-corrected chi connectivity index (χ3v) is 2.26. The largest absolute Gasteiger partial charge is 0.462 e. The molecule has 1 heterocycles. The van der Waals surface area contributed by atoms with Crippen molar-refractivity contribution < 1.29 is 9.53 Å². The molecule has 13 heavy (non-hydrogen) atoms. The Labute approximate surface area is 80.0 Å². The Hall–Kier alpha value is -0.790. The Kier molecular flexibility index (Phi) is 4.58. The topological polar surface area (TPSA) is 26.3 Å². The molecule has 0 radical (unpaired) electrons. The Morgan fingerprint density at radius 2 is 2.38 bits per heavy atom. The Morgan fingerprint density at radius 1 is 1.54 bits per heavy atom. The summed E-state index contributed by atoms with van der Waals surface area (Å²) in [5.74, 6) is -0.0179. The van der Waals surface area contributed by atoms with Gasteiger partial charge in [-0.05, 0) is 32.1 Å². The molecule has 0 saturated carbocycles. The van der Waals surface area contributed by atoms with Gasteiger partial charge in [-0.3, -0.25) is 4.79 Å². The lowest BCUT2D eigenvalue weighted by Crippen LogP contribution is -2.23. The number of carbonyl (C=O) groups is 1. The monoisotopic (exact) mass is 182 g/mol. The Bertz CT molecular complexity index is 185. The van der Waals surface area contributed by atoms with Crippen LogP contribution < -0.4 is 0 Å². The first kappa shape index (κ1) is 10.3. The highest BCUT2D eigenvalue weighted by molar-refractivity contribution is 5.70. The van der Waals surface area contributed by atoms with Crippen molar-refractivity contribution >= 4 is 5.97 Å². The van der Waals surface area contributed by atoms with Gasteiger partial charge in [0.05, 0.1) is 0 Å². The maximum Gasteiger partial charge on any atom is 0.306 e. The van der Waals surface area contributed by atoms with Gasteiger partial charge in [0.25, 0.3) is 0 Å². The summed E-state index contributed by atoms with van der Waals surface area (Å²) >= 11 is 0. The molecule has 0 aromatic heterocycles. The predicted molar refractivity (Wildman–Crippen MR) is 52.4 cm³/mol. The van der Waals surface area contributed by atoms with Gasteiger partial charge in [-0.2, -0.15) is 0 Å². The minimum Gasteiger partial charge on any atom is -0.462 e. The number of cyclic esters (lactones) is 1. The molecule has 1 aliphatic heterocycles. The summed E-state index contributed by atoms with van der Waals surface area (Å²) in [5.41, 5.74) is 0. The van der Waals surface area contributed by atoms with Crippen molar-refractivity contribution in [1.29, 1.82) is 0 Å². The second-order valence-electron chi connectivity index (χ2n) is 3.46. The van der Waals surface area contributed by atoms with Crippen molar-refractivity contribution in [1.82, 2.24) is 0 Å². The number of rotatable bonds is 4. The molecule has 74 valence electrons. The molecule has 1 atom stereocenters. The lowest BCUT2D eigenvalue weighted by molar-refractivity contribution is -0.153. The number of ether oxygens (including phenoxy) is 1. The van der Waals surface area contributed by atoms with Crippen LogP contribution in [-0.4, -0.2) is 12.1 Å². The number of esters is 1. The van der Waals surface area contributed by atoms with Crippen LogP contribution in [0.1, 0.15) is 45.4 Å². The molecule has 0 aliphatic carbocycles. The van der Waals surface area contributed by atoms with Crippen LogP contribution in [-0.2, 0) is 9.53 Å². The number of allylic oxidation sites excluding steroid dienone is 2. The first-order chi connectivity index (χ1) is 6.33. The van der Waals surface area contributed by atoms with Crippen molar-refractivity contribution in [3.05, 3.63) is 12.2 Å². The minimum absolute atomic E-state index is 0.0179.